The summed E-state index contributed by atoms with van der Waals surface area (Å²) in [5.41, 5.74) is 7.06. The second-order valence-electron chi connectivity index (χ2n) is 6.88. The van der Waals surface area contributed by atoms with Gasteiger partial charge in [0.2, 0.25) is 0 Å². The molecule has 4 nitrogen and oxygen atoms in total. The Morgan fingerprint density at radius 2 is 2.00 bits per heavy atom. The SMILES string of the molecule is Cc1[nH]c(/C=C2\C(=O)Nc3ccc(Cl)cc32)c(C)c1CCCN(C)C. The molecule has 0 spiro atoms. The largest absolute Gasteiger partial charge is 0.359 e. The van der Waals surface area contributed by atoms with Crippen molar-refractivity contribution in [2.75, 3.05) is 26.0 Å². The van der Waals surface area contributed by atoms with E-state index in [0.717, 1.165) is 36.3 Å². The van der Waals surface area contributed by atoms with Gasteiger partial charge in [0.05, 0.1) is 5.57 Å². The van der Waals surface area contributed by atoms with Gasteiger partial charge in [-0.05, 0) is 82.7 Å². The molecule has 5 heteroatoms. The third-order valence-corrected chi connectivity index (χ3v) is 4.95. The van der Waals surface area contributed by atoms with Gasteiger partial charge in [-0.2, -0.15) is 0 Å². The highest BCUT2D eigenvalue weighted by Gasteiger charge is 2.25. The number of hydrogen-bond donors (Lipinski definition) is 2. The third-order valence-electron chi connectivity index (χ3n) is 4.72. The smallest absolute Gasteiger partial charge is 0.256 e. The van der Waals surface area contributed by atoms with Crippen molar-refractivity contribution >= 4 is 34.8 Å². The van der Waals surface area contributed by atoms with Crippen LogP contribution < -0.4 is 5.32 Å². The number of nitrogens with zero attached hydrogens (tertiary/aromatic N) is 1. The Kier molecular flexibility index (Phi) is 5.02. The van der Waals surface area contributed by atoms with Crippen molar-refractivity contribution in [2.24, 2.45) is 0 Å². The van der Waals surface area contributed by atoms with Crippen LogP contribution in [-0.4, -0.2) is 36.4 Å². The molecule has 2 heterocycles. The van der Waals surface area contributed by atoms with E-state index in [1.54, 1.807) is 6.07 Å². The van der Waals surface area contributed by atoms with Gasteiger partial charge in [-0.15, -0.1) is 0 Å². The number of halogens is 1. The van der Waals surface area contributed by atoms with Crippen LogP contribution in [0, 0.1) is 13.8 Å². The standard InChI is InChI=1S/C20H24ClN3O/c1-12-15(6-5-9-24(3)4)13(2)22-19(12)11-17-16-10-14(21)7-8-18(16)23-20(17)25/h7-8,10-11,22H,5-6,9H2,1-4H3,(H,23,25)/b17-11-. The summed E-state index contributed by atoms with van der Waals surface area (Å²) >= 11 is 6.10. The van der Waals surface area contributed by atoms with Crippen molar-refractivity contribution in [2.45, 2.75) is 26.7 Å². The first kappa shape index (κ1) is 17.8. The molecule has 0 saturated carbocycles. The summed E-state index contributed by atoms with van der Waals surface area (Å²) in [4.78, 5) is 18.0. The fraction of sp³-hybridized carbons (Fsp3) is 0.350. The number of carbonyl (C=O) groups is 1. The summed E-state index contributed by atoms with van der Waals surface area (Å²) in [6, 6.07) is 5.47. The maximum Gasteiger partial charge on any atom is 0.256 e. The third kappa shape index (κ3) is 3.65. The molecule has 2 N–H and O–H groups in total. The Morgan fingerprint density at radius 1 is 1.24 bits per heavy atom. The van der Waals surface area contributed by atoms with Crippen molar-refractivity contribution in [1.82, 2.24) is 9.88 Å². The van der Waals surface area contributed by atoms with Crippen LogP contribution in [-0.2, 0) is 11.2 Å². The summed E-state index contributed by atoms with van der Waals surface area (Å²) in [5, 5.41) is 3.53. The summed E-state index contributed by atoms with van der Waals surface area (Å²) in [5.74, 6) is -0.0851. The lowest BCUT2D eigenvalue weighted by molar-refractivity contribution is -0.110. The molecule has 1 aliphatic rings. The van der Waals surface area contributed by atoms with Crippen molar-refractivity contribution in [3.05, 3.63) is 51.3 Å². The first-order valence-electron chi connectivity index (χ1n) is 8.52. The van der Waals surface area contributed by atoms with Crippen molar-refractivity contribution in [1.29, 1.82) is 0 Å². The number of aryl methyl sites for hydroxylation is 1. The van der Waals surface area contributed by atoms with Crippen LogP contribution in [0.3, 0.4) is 0 Å². The highest BCUT2D eigenvalue weighted by molar-refractivity contribution is 6.36. The van der Waals surface area contributed by atoms with E-state index in [-0.39, 0.29) is 5.91 Å². The van der Waals surface area contributed by atoms with Crippen LogP contribution in [0.15, 0.2) is 18.2 Å². The molecule has 0 saturated heterocycles. The van der Waals surface area contributed by atoms with Crippen molar-refractivity contribution in [3.63, 3.8) is 0 Å². The van der Waals surface area contributed by atoms with Gasteiger partial charge in [0.1, 0.15) is 0 Å². The fourth-order valence-electron chi connectivity index (χ4n) is 3.35. The molecule has 1 aliphatic heterocycles. The Morgan fingerprint density at radius 3 is 2.72 bits per heavy atom. The van der Waals surface area contributed by atoms with E-state index >= 15 is 0 Å². The molecule has 25 heavy (non-hydrogen) atoms. The maximum absolute atomic E-state index is 12.4. The molecule has 3 rings (SSSR count). The lowest BCUT2D eigenvalue weighted by Crippen LogP contribution is -2.13. The fourth-order valence-corrected chi connectivity index (χ4v) is 3.53. The minimum atomic E-state index is -0.0851. The van der Waals surface area contributed by atoms with E-state index in [1.807, 2.05) is 18.2 Å². The number of hydrogen-bond acceptors (Lipinski definition) is 2. The van der Waals surface area contributed by atoms with Gasteiger partial charge in [0.15, 0.2) is 0 Å². The Bertz CT molecular complexity index is 849. The van der Waals surface area contributed by atoms with Crippen molar-refractivity contribution < 1.29 is 4.79 Å². The zero-order valence-electron chi connectivity index (χ0n) is 15.2. The minimum Gasteiger partial charge on any atom is -0.359 e. The van der Waals surface area contributed by atoms with E-state index in [1.165, 1.54) is 16.8 Å². The number of nitrogens with one attached hydrogen (secondary N) is 2. The Labute approximate surface area is 153 Å². The molecule has 1 aromatic heterocycles. The number of aromatic amines is 1. The summed E-state index contributed by atoms with van der Waals surface area (Å²) in [6.07, 6.45) is 4.08. The quantitative estimate of drug-likeness (QED) is 0.785. The van der Waals surface area contributed by atoms with Gasteiger partial charge in [-0.1, -0.05) is 11.6 Å². The van der Waals surface area contributed by atoms with Crippen LogP contribution >= 0.6 is 11.6 Å². The van der Waals surface area contributed by atoms with Crippen molar-refractivity contribution in [3.8, 4) is 0 Å². The molecule has 0 radical (unpaired) electrons. The molecule has 132 valence electrons. The van der Waals surface area contributed by atoms with Gasteiger partial charge in [-0.3, -0.25) is 4.79 Å². The average Bonchev–Trinajstić information content (AvgIpc) is 2.98. The highest BCUT2D eigenvalue weighted by atomic mass is 35.5. The van der Waals surface area contributed by atoms with Crippen LogP contribution in [0.4, 0.5) is 5.69 Å². The minimum absolute atomic E-state index is 0.0851. The second kappa shape index (κ2) is 7.06. The normalized spacial score (nSPS) is 15.1. The molecule has 1 amide bonds. The number of carbonyl (C=O) groups excluding carboxylic acids is 1. The van der Waals surface area contributed by atoms with Crippen LogP contribution in [0.5, 0.6) is 0 Å². The summed E-state index contributed by atoms with van der Waals surface area (Å²) in [7, 11) is 4.18. The second-order valence-corrected chi connectivity index (χ2v) is 7.31. The number of fused-ring (bicyclic) bond motifs is 1. The number of aromatic nitrogens is 1. The van der Waals surface area contributed by atoms with E-state index in [9.17, 15) is 4.79 Å². The molecule has 0 fully saturated rings. The maximum atomic E-state index is 12.4. The van der Waals surface area contributed by atoms with Gasteiger partial charge >= 0.3 is 0 Å². The van der Waals surface area contributed by atoms with E-state index < -0.39 is 0 Å². The van der Waals surface area contributed by atoms with E-state index in [0.29, 0.717) is 10.6 Å². The molecule has 0 bridgehead atoms. The molecule has 0 atom stereocenters. The van der Waals surface area contributed by atoms with Gasteiger partial charge in [0.25, 0.3) is 5.91 Å². The predicted octanol–water partition coefficient (Wildman–Crippen LogP) is 4.27. The topological polar surface area (TPSA) is 48.1 Å². The predicted molar refractivity (Wildman–Crippen MR) is 105 cm³/mol. The number of benzene rings is 1. The van der Waals surface area contributed by atoms with Gasteiger partial charge in [-0.25, -0.2) is 0 Å². The van der Waals surface area contributed by atoms with E-state index in [4.69, 9.17) is 11.6 Å². The van der Waals surface area contributed by atoms with Gasteiger partial charge < -0.3 is 15.2 Å². The molecule has 0 unspecified atom stereocenters. The number of rotatable bonds is 5. The average molecular weight is 358 g/mol. The molecule has 2 aromatic rings. The zero-order chi connectivity index (χ0) is 18.1. The molecular weight excluding hydrogens is 334 g/mol. The van der Waals surface area contributed by atoms with Gasteiger partial charge in [0, 0.05) is 27.7 Å². The van der Waals surface area contributed by atoms with Crippen LogP contribution in [0.25, 0.3) is 11.6 Å². The number of anilines is 1. The zero-order valence-corrected chi connectivity index (χ0v) is 15.9. The first-order chi connectivity index (χ1) is 11.9. The molecular formula is C20H24ClN3O. The summed E-state index contributed by atoms with van der Waals surface area (Å²) in [6.45, 7) is 5.28. The molecule has 1 aromatic carbocycles. The van der Waals surface area contributed by atoms with Crippen LogP contribution in [0.2, 0.25) is 5.02 Å². The first-order valence-corrected chi connectivity index (χ1v) is 8.90. The lowest BCUT2D eigenvalue weighted by Gasteiger charge is -2.09. The van der Waals surface area contributed by atoms with Crippen LogP contribution in [0.1, 0.15) is 34.5 Å². The Balaban J connectivity index is 1.92. The highest BCUT2D eigenvalue weighted by Crippen LogP contribution is 2.35. The molecule has 0 aliphatic carbocycles. The summed E-state index contributed by atoms with van der Waals surface area (Å²) < 4.78 is 0. The Hall–Kier alpha value is -2.04. The van der Waals surface area contributed by atoms with E-state index in [2.05, 4.69) is 43.1 Å². The monoisotopic (exact) mass is 357 g/mol. The number of amides is 1. The number of H-pyrrole nitrogens is 1. The lowest BCUT2D eigenvalue weighted by atomic mass is 10.0.